The molecule has 0 bridgehead atoms. The Balaban J connectivity index is 2.42. The average Bonchev–Trinajstić information content (AvgIpc) is 2.66. The number of halogens is 1. The van der Waals surface area contributed by atoms with Crippen molar-refractivity contribution in [1.82, 2.24) is 29.9 Å². The van der Waals surface area contributed by atoms with Crippen molar-refractivity contribution >= 4 is 21.9 Å². The molecule has 8 nitrogen and oxygen atoms in total. The van der Waals surface area contributed by atoms with Gasteiger partial charge >= 0.3 is 6.01 Å². The first kappa shape index (κ1) is 12.7. The zero-order valence-corrected chi connectivity index (χ0v) is 11.5. The van der Waals surface area contributed by atoms with Crippen LogP contribution in [0.3, 0.4) is 0 Å². The predicted octanol–water partition coefficient (Wildman–Crippen LogP) is 0.801. The van der Waals surface area contributed by atoms with Gasteiger partial charge < -0.3 is 10.5 Å². The summed E-state index contributed by atoms with van der Waals surface area (Å²) in [5.74, 6) is 0.465. The zero-order valence-electron chi connectivity index (χ0n) is 9.96. The molecule has 2 rings (SSSR count). The van der Waals surface area contributed by atoms with Gasteiger partial charge in [-0.25, -0.2) is 4.68 Å². The van der Waals surface area contributed by atoms with Crippen LogP contribution in [-0.4, -0.2) is 36.6 Å². The van der Waals surface area contributed by atoms with E-state index in [1.54, 1.807) is 11.7 Å². The van der Waals surface area contributed by atoms with Crippen molar-refractivity contribution in [2.24, 2.45) is 7.05 Å². The van der Waals surface area contributed by atoms with Gasteiger partial charge in [0, 0.05) is 7.05 Å². The summed E-state index contributed by atoms with van der Waals surface area (Å²) in [5.41, 5.74) is 6.25. The largest absolute Gasteiger partial charge is 0.463 e. The molecule has 0 saturated heterocycles. The molecule has 2 aromatic heterocycles. The lowest BCUT2D eigenvalue weighted by Crippen LogP contribution is -2.07. The van der Waals surface area contributed by atoms with E-state index in [1.807, 2.05) is 6.92 Å². The van der Waals surface area contributed by atoms with Gasteiger partial charge in [0.2, 0.25) is 5.95 Å². The number of hydrogen-bond acceptors (Lipinski definition) is 7. The minimum absolute atomic E-state index is 0.0965. The summed E-state index contributed by atoms with van der Waals surface area (Å²) >= 11 is 3.28. The van der Waals surface area contributed by atoms with Gasteiger partial charge in [0.15, 0.2) is 10.4 Å². The number of nitrogens with zero attached hydrogens (tertiary/aromatic N) is 6. The maximum Gasteiger partial charge on any atom is 0.321 e. The second kappa shape index (κ2) is 5.25. The molecule has 0 radical (unpaired) electrons. The molecule has 2 N–H and O–H groups in total. The molecular formula is C9H12BrN7O. The SMILES string of the molecule is CCCOc1nc(N)nc(-c2c(Br)nnn2C)n1. The molecule has 0 saturated carbocycles. The first-order valence-corrected chi connectivity index (χ1v) is 6.11. The topological polar surface area (TPSA) is 105 Å². The van der Waals surface area contributed by atoms with E-state index in [2.05, 4.69) is 41.2 Å². The van der Waals surface area contributed by atoms with Crippen LogP contribution in [0.5, 0.6) is 6.01 Å². The molecular weight excluding hydrogens is 302 g/mol. The fourth-order valence-electron chi connectivity index (χ4n) is 1.30. The van der Waals surface area contributed by atoms with Crippen LogP contribution in [0, 0.1) is 0 Å². The Morgan fingerprint density at radius 3 is 2.72 bits per heavy atom. The second-order valence-electron chi connectivity index (χ2n) is 3.50. The van der Waals surface area contributed by atoms with Crippen LogP contribution in [0.4, 0.5) is 5.95 Å². The lowest BCUT2D eigenvalue weighted by molar-refractivity contribution is 0.292. The van der Waals surface area contributed by atoms with Crippen LogP contribution in [0.1, 0.15) is 13.3 Å². The average molecular weight is 314 g/mol. The lowest BCUT2D eigenvalue weighted by Gasteiger charge is -2.05. The standard InChI is InChI=1S/C9H12BrN7O/c1-3-4-18-9-13-7(12-8(11)14-9)5-6(10)15-16-17(5)2/h3-4H2,1-2H3,(H2,11,12,13,14). The van der Waals surface area contributed by atoms with E-state index in [4.69, 9.17) is 10.5 Å². The third-order valence-corrected chi connectivity index (χ3v) is 2.60. The molecule has 0 atom stereocenters. The first-order valence-electron chi connectivity index (χ1n) is 5.31. The molecule has 0 amide bonds. The molecule has 0 fully saturated rings. The number of hydrogen-bond donors (Lipinski definition) is 1. The Kier molecular flexibility index (Phi) is 3.70. The summed E-state index contributed by atoms with van der Waals surface area (Å²) in [7, 11) is 1.74. The molecule has 18 heavy (non-hydrogen) atoms. The van der Waals surface area contributed by atoms with E-state index in [1.165, 1.54) is 0 Å². The Morgan fingerprint density at radius 1 is 1.33 bits per heavy atom. The number of nitrogen functional groups attached to an aromatic ring is 1. The van der Waals surface area contributed by atoms with E-state index in [9.17, 15) is 0 Å². The summed E-state index contributed by atoms with van der Waals surface area (Å²) in [6, 6.07) is 0.201. The fourth-order valence-corrected chi connectivity index (χ4v) is 1.81. The molecule has 0 aliphatic carbocycles. The van der Waals surface area contributed by atoms with Crippen molar-refractivity contribution in [3.8, 4) is 17.5 Å². The summed E-state index contributed by atoms with van der Waals surface area (Å²) < 4.78 is 7.43. The van der Waals surface area contributed by atoms with Crippen molar-refractivity contribution in [3.05, 3.63) is 4.60 Å². The number of aryl methyl sites for hydroxylation is 1. The smallest absolute Gasteiger partial charge is 0.321 e. The van der Waals surface area contributed by atoms with E-state index in [0.29, 0.717) is 22.7 Å². The van der Waals surface area contributed by atoms with E-state index >= 15 is 0 Å². The molecule has 0 spiro atoms. The Labute approximate surface area is 112 Å². The zero-order chi connectivity index (χ0) is 13.1. The Bertz CT molecular complexity index is 536. The molecule has 0 aliphatic heterocycles. The monoisotopic (exact) mass is 313 g/mol. The van der Waals surface area contributed by atoms with Gasteiger partial charge in [-0.3, -0.25) is 0 Å². The summed E-state index contributed by atoms with van der Waals surface area (Å²) in [6.45, 7) is 2.51. The van der Waals surface area contributed by atoms with Gasteiger partial charge in [0.1, 0.15) is 5.69 Å². The molecule has 0 unspecified atom stereocenters. The molecule has 2 aromatic rings. The number of nitrogens with two attached hydrogens (primary N) is 1. The molecule has 0 aromatic carbocycles. The van der Waals surface area contributed by atoms with Gasteiger partial charge in [-0.15, -0.1) is 5.10 Å². The lowest BCUT2D eigenvalue weighted by atomic mass is 10.4. The molecule has 9 heteroatoms. The third kappa shape index (κ3) is 2.55. The van der Waals surface area contributed by atoms with Crippen molar-refractivity contribution < 1.29 is 4.74 Å². The minimum atomic E-state index is 0.0965. The molecule has 2 heterocycles. The van der Waals surface area contributed by atoms with Gasteiger partial charge in [0.25, 0.3) is 0 Å². The van der Waals surface area contributed by atoms with Crippen molar-refractivity contribution in [2.75, 3.05) is 12.3 Å². The predicted molar refractivity (Wildman–Crippen MR) is 67.7 cm³/mol. The molecule has 0 aliphatic rings. The minimum Gasteiger partial charge on any atom is -0.463 e. The van der Waals surface area contributed by atoms with E-state index in [-0.39, 0.29) is 12.0 Å². The highest BCUT2D eigenvalue weighted by Gasteiger charge is 2.16. The van der Waals surface area contributed by atoms with Crippen molar-refractivity contribution in [3.63, 3.8) is 0 Å². The summed E-state index contributed by atoms with van der Waals surface area (Å²) in [4.78, 5) is 12.1. The molecule has 96 valence electrons. The Hall–Kier alpha value is -1.77. The van der Waals surface area contributed by atoms with Gasteiger partial charge in [-0.2, -0.15) is 15.0 Å². The van der Waals surface area contributed by atoms with Crippen LogP contribution in [0.2, 0.25) is 0 Å². The first-order chi connectivity index (χ1) is 8.61. The highest BCUT2D eigenvalue weighted by Crippen LogP contribution is 2.23. The van der Waals surface area contributed by atoms with Gasteiger partial charge in [-0.05, 0) is 22.4 Å². The van der Waals surface area contributed by atoms with E-state index in [0.717, 1.165) is 6.42 Å². The third-order valence-electron chi connectivity index (χ3n) is 2.06. The van der Waals surface area contributed by atoms with Crippen molar-refractivity contribution in [1.29, 1.82) is 0 Å². The number of rotatable bonds is 4. The maximum absolute atomic E-state index is 5.63. The quantitative estimate of drug-likeness (QED) is 0.890. The van der Waals surface area contributed by atoms with Gasteiger partial charge in [-0.1, -0.05) is 12.1 Å². The van der Waals surface area contributed by atoms with Crippen LogP contribution in [0.25, 0.3) is 11.5 Å². The van der Waals surface area contributed by atoms with Crippen LogP contribution in [0.15, 0.2) is 4.60 Å². The van der Waals surface area contributed by atoms with Crippen LogP contribution in [-0.2, 0) is 7.05 Å². The number of anilines is 1. The highest BCUT2D eigenvalue weighted by molar-refractivity contribution is 9.10. The Morgan fingerprint density at radius 2 is 2.11 bits per heavy atom. The maximum atomic E-state index is 5.63. The number of aromatic nitrogens is 6. The van der Waals surface area contributed by atoms with E-state index < -0.39 is 0 Å². The second-order valence-corrected chi connectivity index (χ2v) is 4.25. The number of ether oxygens (including phenoxy) is 1. The van der Waals surface area contributed by atoms with Crippen LogP contribution >= 0.6 is 15.9 Å². The van der Waals surface area contributed by atoms with Gasteiger partial charge in [0.05, 0.1) is 6.61 Å². The summed E-state index contributed by atoms with van der Waals surface area (Å²) in [5, 5.41) is 7.71. The normalized spacial score (nSPS) is 10.6. The van der Waals surface area contributed by atoms with Crippen LogP contribution < -0.4 is 10.5 Å². The summed E-state index contributed by atoms with van der Waals surface area (Å²) in [6.07, 6.45) is 0.859. The highest BCUT2D eigenvalue weighted by atomic mass is 79.9. The fraction of sp³-hybridized carbons (Fsp3) is 0.444. The van der Waals surface area contributed by atoms with Crippen molar-refractivity contribution in [2.45, 2.75) is 13.3 Å².